The molecule has 7 atom stereocenters. The fourth-order valence-electron chi connectivity index (χ4n) is 7.56. The Bertz CT molecular complexity index is 839. The number of allylic oxidation sites excluding steroid dienone is 3. The van der Waals surface area contributed by atoms with Gasteiger partial charge in [-0.05, 0) is 103 Å². The Kier molecular flexibility index (Phi) is 5.62. The largest absolute Gasteiger partial charge is 0.545 e. The van der Waals surface area contributed by atoms with E-state index in [0.29, 0.717) is 12.8 Å². The molecule has 1 N–H and O–H groups in total. The Morgan fingerprint density at radius 2 is 1.66 bits per heavy atom. The van der Waals surface area contributed by atoms with Gasteiger partial charge in [0, 0.05) is 16.7 Å². The molecule has 4 aliphatic rings. The lowest BCUT2D eigenvalue weighted by molar-refractivity contribution is -0.218. The smallest absolute Gasteiger partial charge is 0.242 e. The molecule has 32 heavy (non-hydrogen) atoms. The van der Waals surface area contributed by atoms with E-state index in [1.165, 1.54) is 5.57 Å². The maximum Gasteiger partial charge on any atom is 0.242 e. The van der Waals surface area contributed by atoms with Crippen LogP contribution in [-0.2, 0) is 8.85 Å². The minimum absolute atomic E-state index is 0.0772. The Balaban J connectivity index is 1.78. The van der Waals surface area contributed by atoms with Gasteiger partial charge in [0.25, 0.3) is 0 Å². The summed E-state index contributed by atoms with van der Waals surface area (Å²) in [5.74, 6) is 1.06. The van der Waals surface area contributed by atoms with E-state index in [9.17, 15) is 5.11 Å². The predicted octanol–water partition coefficient (Wildman–Crippen LogP) is 6.97. The van der Waals surface area contributed by atoms with Crippen molar-refractivity contribution in [3.63, 3.8) is 0 Å². The summed E-state index contributed by atoms with van der Waals surface area (Å²) in [7, 11) is -3.72. The van der Waals surface area contributed by atoms with Gasteiger partial charge in [-0.1, -0.05) is 19.4 Å². The standard InChI is InChI=1S/C26H45FO3Si2/c1-23-14-12-19(29-31(4,5)6)16-18(23)10-11-21-20-13-15-25(3,28)24(20,2)17-22(26(21,23)27)30-32(7,8)9/h12,16,20-22,28H,10-11,13-15,17H2,1-9H3/t20?,21?,22-,23?,24?,25-,26-/m0/s1. The zero-order chi connectivity index (χ0) is 24.0. The first-order valence-electron chi connectivity index (χ1n) is 12.6. The van der Waals surface area contributed by atoms with Crippen LogP contribution in [0.4, 0.5) is 4.39 Å². The molecule has 0 aromatic carbocycles. The maximum absolute atomic E-state index is 18.0. The molecular formula is C26H45FO3Si2. The van der Waals surface area contributed by atoms with E-state index in [2.05, 4.69) is 65.3 Å². The number of halogens is 1. The van der Waals surface area contributed by atoms with Crippen LogP contribution < -0.4 is 0 Å². The monoisotopic (exact) mass is 480 g/mol. The third-order valence-electron chi connectivity index (χ3n) is 9.32. The molecule has 4 unspecified atom stereocenters. The normalized spacial score (nSPS) is 46.5. The number of fused-ring (bicyclic) bond motifs is 5. The number of hydrogen-bond acceptors (Lipinski definition) is 3. The fourth-order valence-corrected chi connectivity index (χ4v) is 9.52. The lowest BCUT2D eigenvalue weighted by Crippen LogP contribution is -2.69. The van der Waals surface area contributed by atoms with Crippen molar-refractivity contribution in [2.45, 2.75) is 116 Å². The van der Waals surface area contributed by atoms with Crippen LogP contribution in [0.15, 0.2) is 23.5 Å². The maximum atomic E-state index is 18.0. The van der Waals surface area contributed by atoms with Crippen molar-refractivity contribution in [3.8, 4) is 0 Å². The topological polar surface area (TPSA) is 38.7 Å². The van der Waals surface area contributed by atoms with E-state index in [-0.39, 0.29) is 17.3 Å². The highest BCUT2D eigenvalue weighted by molar-refractivity contribution is 6.70. The Labute approximate surface area is 197 Å². The molecule has 6 heteroatoms. The average molecular weight is 481 g/mol. The van der Waals surface area contributed by atoms with Crippen LogP contribution in [0.1, 0.15) is 59.3 Å². The highest BCUT2D eigenvalue weighted by Crippen LogP contribution is 2.70. The van der Waals surface area contributed by atoms with Gasteiger partial charge in [0.15, 0.2) is 8.32 Å². The van der Waals surface area contributed by atoms with Crippen molar-refractivity contribution in [2.75, 3.05) is 0 Å². The third-order valence-corrected chi connectivity index (χ3v) is 11.2. The molecule has 4 rings (SSSR count). The van der Waals surface area contributed by atoms with Crippen LogP contribution in [0.25, 0.3) is 0 Å². The zero-order valence-electron chi connectivity index (χ0n) is 21.8. The molecule has 0 spiro atoms. The van der Waals surface area contributed by atoms with E-state index in [1.807, 2.05) is 6.92 Å². The van der Waals surface area contributed by atoms with E-state index in [0.717, 1.165) is 31.4 Å². The van der Waals surface area contributed by atoms with Gasteiger partial charge in [0.1, 0.15) is 5.67 Å². The highest BCUT2D eigenvalue weighted by Gasteiger charge is 2.73. The fraction of sp³-hybridized carbons (Fsp3) is 0.846. The predicted molar refractivity (Wildman–Crippen MR) is 134 cm³/mol. The summed E-state index contributed by atoms with van der Waals surface area (Å²) in [5.41, 5.74) is -1.87. The Morgan fingerprint density at radius 3 is 2.25 bits per heavy atom. The summed E-state index contributed by atoms with van der Waals surface area (Å²) in [4.78, 5) is 0. The Morgan fingerprint density at radius 1 is 1.00 bits per heavy atom. The van der Waals surface area contributed by atoms with Crippen LogP contribution in [0, 0.1) is 22.7 Å². The second-order valence-electron chi connectivity index (χ2n) is 13.7. The van der Waals surface area contributed by atoms with Crippen molar-refractivity contribution < 1.29 is 18.3 Å². The molecule has 0 saturated heterocycles. The number of aliphatic hydroxyl groups is 1. The van der Waals surface area contributed by atoms with Crippen LogP contribution in [-0.4, -0.2) is 39.1 Å². The van der Waals surface area contributed by atoms with Gasteiger partial charge >= 0.3 is 0 Å². The molecule has 0 amide bonds. The SMILES string of the molecule is CC12C[C@H](O[Si](C)(C)C)[C@@]3(F)C(CCC4=CC(O[Si](C)(C)C)=CCC43C)C1CC[C@]2(C)O. The van der Waals surface area contributed by atoms with Gasteiger partial charge < -0.3 is 14.0 Å². The highest BCUT2D eigenvalue weighted by atomic mass is 28.4. The summed E-state index contributed by atoms with van der Waals surface area (Å²) in [6.07, 6.45) is 8.49. The van der Waals surface area contributed by atoms with Crippen LogP contribution >= 0.6 is 0 Å². The van der Waals surface area contributed by atoms with Gasteiger partial charge in [0.2, 0.25) is 8.32 Å². The van der Waals surface area contributed by atoms with Gasteiger partial charge in [-0.25, -0.2) is 4.39 Å². The number of hydrogen-bond donors (Lipinski definition) is 1. The summed E-state index contributed by atoms with van der Waals surface area (Å²) >= 11 is 0. The zero-order valence-corrected chi connectivity index (χ0v) is 23.8. The molecule has 3 saturated carbocycles. The second-order valence-corrected chi connectivity index (χ2v) is 22.6. The summed E-state index contributed by atoms with van der Waals surface area (Å²) in [6, 6.07) is 0. The first-order chi connectivity index (χ1) is 14.4. The minimum atomic E-state index is -2.00. The lowest BCUT2D eigenvalue weighted by atomic mass is 9.44. The molecule has 0 bridgehead atoms. The molecule has 4 aliphatic carbocycles. The first-order valence-corrected chi connectivity index (χ1v) is 19.4. The molecule has 182 valence electrons. The van der Waals surface area contributed by atoms with Gasteiger partial charge in [-0.15, -0.1) is 0 Å². The van der Waals surface area contributed by atoms with E-state index in [1.54, 1.807) is 0 Å². The minimum Gasteiger partial charge on any atom is -0.545 e. The summed E-state index contributed by atoms with van der Waals surface area (Å²) in [6.45, 7) is 19.4. The van der Waals surface area contributed by atoms with E-state index in [4.69, 9.17) is 8.85 Å². The number of alkyl halides is 1. The van der Waals surface area contributed by atoms with E-state index >= 15 is 4.39 Å². The van der Waals surface area contributed by atoms with Crippen LogP contribution in [0.5, 0.6) is 0 Å². The second kappa shape index (κ2) is 7.28. The van der Waals surface area contributed by atoms with Gasteiger partial charge in [-0.2, -0.15) is 0 Å². The van der Waals surface area contributed by atoms with Crippen LogP contribution in [0.3, 0.4) is 0 Å². The molecule has 0 aliphatic heterocycles. The van der Waals surface area contributed by atoms with E-state index < -0.39 is 39.4 Å². The van der Waals surface area contributed by atoms with Crippen molar-refractivity contribution in [1.82, 2.24) is 0 Å². The summed E-state index contributed by atoms with van der Waals surface area (Å²) in [5, 5.41) is 11.4. The molecular weight excluding hydrogens is 435 g/mol. The van der Waals surface area contributed by atoms with Crippen molar-refractivity contribution in [2.24, 2.45) is 22.7 Å². The molecule has 0 aromatic rings. The first kappa shape index (κ1) is 24.7. The summed E-state index contributed by atoms with van der Waals surface area (Å²) < 4.78 is 31.0. The van der Waals surface area contributed by atoms with Crippen molar-refractivity contribution in [3.05, 3.63) is 23.5 Å². The quantitative estimate of drug-likeness (QED) is 0.442. The average Bonchev–Trinajstić information content (AvgIpc) is 2.84. The van der Waals surface area contributed by atoms with Crippen LogP contribution in [0.2, 0.25) is 39.3 Å². The van der Waals surface area contributed by atoms with Gasteiger partial charge in [-0.3, -0.25) is 0 Å². The van der Waals surface area contributed by atoms with Gasteiger partial charge in [0.05, 0.1) is 17.5 Å². The molecule has 3 nitrogen and oxygen atoms in total. The molecule has 0 radical (unpaired) electrons. The third kappa shape index (κ3) is 3.63. The molecule has 0 aromatic heterocycles. The lowest BCUT2D eigenvalue weighted by Gasteiger charge is -2.64. The van der Waals surface area contributed by atoms with Crippen molar-refractivity contribution in [1.29, 1.82) is 0 Å². The molecule has 0 heterocycles. The molecule has 3 fully saturated rings. The Hall–Kier alpha value is -0.436. The number of rotatable bonds is 4. The van der Waals surface area contributed by atoms with Crippen molar-refractivity contribution >= 4 is 16.6 Å².